The number of ether oxygens (including phenoxy) is 1. The van der Waals surface area contributed by atoms with Gasteiger partial charge in [0.05, 0.1) is 30.3 Å². The number of anilines is 1. The van der Waals surface area contributed by atoms with E-state index in [-0.39, 0.29) is 24.2 Å². The quantitative estimate of drug-likeness (QED) is 0.781. The Bertz CT molecular complexity index is 788. The number of hydrogen-bond donors (Lipinski definition) is 0. The fourth-order valence-corrected chi connectivity index (χ4v) is 3.84. The van der Waals surface area contributed by atoms with E-state index in [0.717, 1.165) is 28.6 Å². The highest BCUT2D eigenvalue weighted by atomic mass is 32.1. The summed E-state index contributed by atoms with van der Waals surface area (Å²) in [7, 11) is 3.38. The number of hydrogen-bond acceptors (Lipinski definition) is 5. The second-order valence-corrected chi connectivity index (χ2v) is 7.33. The van der Waals surface area contributed by atoms with Gasteiger partial charge in [-0.25, -0.2) is 4.98 Å². The number of thiazole rings is 1. The highest BCUT2D eigenvalue weighted by molar-refractivity contribution is 7.09. The molecule has 0 N–H and O–H groups in total. The number of aromatic nitrogens is 1. The lowest BCUT2D eigenvalue weighted by atomic mass is 10.1. The average molecular weight is 373 g/mol. The molecule has 7 heteroatoms. The van der Waals surface area contributed by atoms with E-state index in [1.807, 2.05) is 29.6 Å². The van der Waals surface area contributed by atoms with Crippen molar-refractivity contribution in [3.63, 3.8) is 0 Å². The van der Waals surface area contributed by atoms with Crippen molar-refractivity contribution < 1.29 is 14.3 Å². The zero-order valence-corrected chi connectivity index (χ0v) is 16.1. The van der Waals surface area contributed by atoms with Gasteiger partial charge in [0.1, 0.15) is 5.75 Å². The van der Waals surface area contributed by atoms with Gasteiger partial charge in [-0.15, -0.1) is 11.3 Å². The summed E-state index contributed by atoms with van der Waals surface area (Å²) >= 11 is 1.61. The summed E-state index contributed by atoms with van der Waals surface area (Å²) in [5.74, 6) is 0.380. The van der Waals surface area contributed by atoms with Crippen LogP contribution in [-0.4, -0.2) is 42.4 Å². The third kappa shape index (κ3) is 3.88. The molecule has 2 aromatic rings. The largest absolute Gasteiger partial charge is 0.497 e. The molecule has 0 aliphatic carbocycles. The van der Waals surface area contributed by atoms with E-state index < -0.39 is 0 Å². The molecule has 2 amide bonds. The molecule has 0 spiro atoms. The molecule has 1 saturated heterocycles. The Morgan fingerprint density at radius 2 is 2.12 bits per heavy atom. The minimum Gasteiger partial charge on any atom is -0.497 e. The number of amides is 2. The summed E-state index contributed by atoms with van der Waals surface area (Å²) in [4.78, 5) is 33.0. The maximum absolute atomic E-state index is 12.8. The number of benzene rings is 1. The summed E-state index contributed by atoms with van der Waals surface area (Å²) in [5.41, 5.74) is 1.69. The zero-order valence-electron chi connectivity index (χ0n) is 15.3. The maximum atomic E-state index is 12.8. The van der Waals surface area contributed by atoms with Crippen molar-refractivity contribution in [1.29, 1.82) is 0 Å². The first-order chi connectivity index (χ1) is 12.5. The van der Waals surface area contributed by atoms with Crippen LogP contribution in [-0.2, 0) is 22.6 Å². The summed E-state index contributed by atoms with van der Waals surface area (Å²) < 4.78 is 5.15. The molecule has 0 radical (unpaired) electrons. The maximum Gasteiger partial charge on any atom is 0.228 e. The molecular formula is C19H23N3O3S. The first kappa shape index (κ1) is 18.4. The number of methoxy groups -OCH3 is 1. The van der Waals surface area contributed by atoms with Crippen LogP contribution >= 0.6 is 11.3 Å². The van der Waals surface area contributed by atoms with E-state index >= 15 is 0 Å². The van der Waals surface area contributed by atoms with Gasteiger partial charge in [-0.1, -0.05) is 6.92 Å². The Hall–Kier alpha value is -2.41. The molecule has 1 aliphatic rings. The van der Waals surface area contributed by atoms with Crippen LogP contribution in [0.2, 0.25) is 0 Å². The van der Waals surface area contributed by atoms with Crippen LogP contribution in [0.15, 0.2) is 29.6 Å². The standard InChI is InChI=1S/C19H23N3O3S/c1-4-17-20-14(12-26-17)11-21(2)19(24)13-9-18(23)22(10-13)15-5-7-16(25-3)8-6-15/h5-8,12-13H,4,9-11H2,1-3H3. The van der Waals surface area contributed by atoms with Gasteiger partial charge in [-0.2, -0.15) is 0 Å². The molecule has 1 aliphatic heterocycles. The molecule has 1 aromatic heterocycles. The van der Waals surface area contributed by atoms with E-state index in [2.05, 4.69) is 11.9 Å². The molecule has 1 atom stereocenters. The molecule has 3 rings (SSSR count). The molecule has 0 bridgehead atoms. The molecule has 1 unspecified atom stereocenters. The number of nitrogens with zero attached hydrogens (tertiary/aromatic N) is 3. The van der Waals surface area contributed by atoms with Gasteiger partial charge in [0, 0.05) is 31.1 Å². The minimum absolute atomic E-state index is 0.0135. The first-order valence-corrected chi connectivity index (χ1v) is 9.52. The highest BCUT2D eigenvalue weighted by Gasteiger charge is 2.36. The SMILES string of the molecule is CCc1nc(CN(C)C(=O)C2CC(=O)N(c3ccc(OC)cc3)C2)cs1. The van der Waals surface area contributed by atoms with E-state index in [1.165, 1.54) is 0 Å². The topological polar surface area (TPSA) is 62.7 Å². The molecule has 26 heavy (non-hydrogen) atoms. The molecule has 0 saturated carbocycles. The van der Waals surface area contributed by atoms with Crippen LogP contribution in [0.4, 0.5) is 5.69 Å². The van der Waals surface area contributed by atoms with Crippen molar-refractivity contribution in [3.8, 4) is 5.75 Å². The van der Waals surface area contributed by atoms with E-state index in [0.29, 0.717) is 13.1 Å². The van der Waals surface area contributed by atoms with Gasteiger partial charge in [0.15, 0.2) is 0 Å². The van der Waals surface area contributed by atoms with E-state index in [1.54, 1.807) is 35.3 Å². The number of carbonyl (C=O) groups excluding carboxylic acids is 2. The lowest BCUT2D eigenvalue weighted by Gasteiger charge is -2.21. The van der Waals surface area contributed by atoms with Crippen molar-refractivity contribution >= 4 is 28.8 Å². The van der Waals surface area contributed by atoms with Gasteiger partial charge >= 0.3 is 0 Å². The fraction of sp³-hybridized carbons (Fsp3) is 0.421. The third-order valence-electron chi connectivity index (χ3n) is 4.54. The molecule has 138 valence electrons. The second-order valence-electron chi connectivity index (χ2n) is 6.38. The van der Waals surface area contributed by atoms with Gasteiger partial charge in [0.25, 0.3) is 0 Å². The minimum atomic E-state index is -0.320. The lowest BCUT2D eigenvalue weighted by Crippen LogP contribution is -2.34. The summed E-state index contributed by atoms with van der Waals surface area (Å²) in [5, 5.41) is 3.06. The van der Waals surface area contributed by atoms with Crippen molar-refractivity contribution in [2.75, 3.05) is 25.6 Å². The summed E-state index contributed by atoms with van der Waals surface area (Å²) in [6.07, 6.45) is 1.14. The predicted molar refractivity (Wildman–Crippen MR) is 101 cm³/mol. The van der Waals surface area contributed by atoms with E-state index in [4.69, 9.17) is 4.74 Å². The smallest absolute Gasteiger partial charge is 0.228 e. The highest BCUT2D eigenvalue weighted by Crippen LogP contribution is 2.28. The van der Waals surface area contributed by atoms with Crippen LogP contribution in [0.1, 0.15) is 24.0 Å². The summed E-state index contributed by atoms with van der Waals surface area (Å²) in [6, 6.07) is 7.32. The second kappa shape index (κ2) is 7.86. The Morgan fingerprint density at radius 3 is 2.73 bits per heavy atom. The van der Waals surface area contributed by atoms with Gasteiger partial charge < -0.3 is 14.5 Å². The molecule has 2 heterocycles. The van der Waals surface area contributed by atoms with Crippen LogP contribution in [0.5, 0.6) is 5.75 Å². The van der Waals surface area contributed by atoms with Crippen LogP contribution in [0.25, 0.3) is 0 Å². The normalized spacial score (nSPS) is 16.8. The van der Waals surface area contributed by atoms with Crippen molar-refractivity contribution in [2.45, 2.75) is 26.3 Å². The average Bonchev–Trinajstić information content (AvgIpc) is 3.27. The number of carbonyl (C=O) groups is 2. The third-order valence-corrected chi connectivity index (χ3v) is 5.58. The van der Waals surface area contributed by atoms with Crippen LogP contribution < -0.4 is 9.64 Å². The van der Waals surface area contributed by atoms with Crippen molar-refractivity contribution in [1.82, 2.24) is 9.88 Å². The Balaban J connectivity index is 1.63. The van der Waals surface area contributed by atoms with Gasteiger partial charge in [-0.3, -0.25) is 9.59 Å². The van der Waals surface area contributed by atoms with E-state index in [9.17, 15) is 9.59 Å². The lowest BCUT2D eigenvalue weighted by molar-refractivity contribution is -0.135. The van der Waals surface area contributed by atoms with Crippen molar-refractivity contribution in [2.24, 2.45) is 5.92 Å². The van der Waals surface area contributed by atoms with Crippen molar-refractivity contribution in [3.05, 3.63) is 40.3 Å². The summed E-state index contributed by atoms with van der Waals surface area (Å²) in [6.45, 7) is 2.95. The Labute approximate surface area is 157 Å². The molecule has 1 fully saturated rings. The number of aryl methyl sites for hydroxylation is 1. The zero-order chi connectivity index (χ0) is 18.7. The van der Waals surface area contributed by atoms with Gasteiger partial charge in [0.2, 0.25) is 11.8 Å². The van der Waals surface area contributed by atoms with Crippen LogP contribution in [0.3, 0.4) is 0 Å². The fourth-order valence-electron chi connectivity index (χ4n) is 3.10. The van der Waals surface area contributed by atoms with Gasteiger partial charge in [-0.05, 0) is 30.7 Å². The monoisotopic (exact) mass is 373 g/mol. The number of rotatable bonds is 6. The molecular weight excluding hydrogens is 350 g/mol. The first-order valence-electron chi connectivity index (χ1n) is 8.64. The Kier molecular flexibility index (Phi) is 5.56. The van der Waals surface area contributed by atoms with Crippen LogP contribution in [0, 0.1) is 5.92 Å². The molecule has 6 nitrogen and oxygen atoms in total. The Morgan fingerprint density at radius 1 is 1.38 bits per heavy atom. The predicted octanol–water partition coefficient (Wildman–Crippen LogP) is 2.73. The molecule has 1 aromatic carbocycles.